The largest absolute Gasteiger partial charge is 0.347 e. The van der Waals surface area contributed by atoms with E-state index < -0.39 is 23.4 Å². The van der Waals surface area contributed by atoms with Gasteiger partial charge in [0.25, 0.3) is 11.8 Å². The van der Waals surface area contributed by atoms with E-state index in [9.17, 15) is 19.2 Å². The van der Waals surface area contributed by atoms with Gasteiger partial charge >= 0.3 is 6.03 Å². The fourth-order valence-corrected chi connectivity index (χ4v) is 2.21. The summed E-state index contributed by atoms with van der Waals surface area (Å²) in [4.78, 5) is 47.5. The molecule has 8 nitrogen and oxygen atoms in total. The molecule has 0 spiro atoms. The molecule has 1 aromatic rings. The lowest BCUT2D eigenvalue weighted by Gasteiger charge is -2.19. The predicted octanol–water partition coefficient (Wildman–Crippen LogP) is 0.0970. The van der Waals surface area contributed by atoms with Crippen LogP contribution in [0.25, 0.3) is 0 Å². The van der Waals surface area contributed by atoms with Crippen molar-refractivity contribution in [3.63, 3.8) is 0 Å². The highest BCUT2D eigenvalue weighted by molar-refractivity contribution is 6.07. The first-order chi connectivity index (χ1) is 11.4. The first-order valence-corrected chi connectivity index (χ1v) is 7.62. The van der Waals surface area contributed by atoms with Gasteiger partial charge in [-0.25, -0.2) is 4.79 Å². The topological polar surface area (TPSA) is 108 Å². The summed E-state index contributed by atoms with van der Waals surface area (Å²) in [5.41, 5.74) is 2.00. The van der Waals surface area contributed by atoms with E-state index >= 15 is 0 Å². The van der Waals surface area contributed by atoms with Gasteiger partial charge in [0.15, 0.2) is 0 Å². The summed E-state index contributed by atoms with van der Waals surface area (Å²) in [7, 11) is 0. The molecule has 5 amide bonds. The van der Waals surface area contributed by atoms with Gasteiger partial charge < -0.3 is 10.6 Å². The van der Waals surface area contributed by atoms with Gasteiger partial charge in [-0.05, 0) is 18.9 Å². The van der Waals surface area contributed by atoms with Gasteiger partial charge in [0.1, 0.15) is 5.54 Å². The summed E-state index contributed by atoms with van der Waals surface area (Å²) < 4.78 is 0. The molecule has 2 rings (SSSR count). The normalized spacial score (nSPS) is 19.8. The lowest BCUT2D eigenvalue weighted by atomic mass is 10.00. The van der Waals surface area contributed by atoms with E-state index in [0.29, 0.717) is 11.4 Å². The quantitative estimate of drug-likeness (QED) is 0.642. The van der Waals surface area contributed by atoms with Crippen LogP contribution in [0.3, 0.4) is 0 Å². The van der Waals surface area contributed by atoms with Crippen LogP contribution in [0.1, 0.15) is 25.8 Å². The van der Waals surface area contributed by atoms with Crippen molar-refractivity contribution >= 4 is 23.8 Å². The van der Waals surface area contributed by atoms with Crippen LogP contribution in [0.15, 0.2) is 30.3 Å². The van der Waals surface area contributed by atoms with Crippen molar-refractivity contribution in [1.29, 1.82) is 0 Å². The van der Waals surface area contributed by atoms with Crippen molar-refractivity contribution in [2.45, 2.75) is 32.2 Å². The Labute approximate surface area is 139 Å². The number of amides is 5. The first kappa shape index (κ1) is 17.5. The summed E-state index contributed by atoms with van der Waals surface area (Å²) in [5, 5.41) is 5.61. The van der Waals surface area contributed by atoms with Gasteiger partial charge in [-0.3, -0.25) is 19.8 Å². The number of nitrogens with zero attached hydrogens (tertiary/aromatic N) is 1. The molecular weight excluding hydrogens is 312 g/mol. The molecule has 0 aliphatic carbocycles. The molecule has 1 aromatic carbocycles. The lowest BCUT2D eigenvalue weighted by molar-refractivity contribution is -0.138. The van der Waals surface area contributed by atoms with Crippen LogP contribution >= 0.6 is 0 Å². The van der Waals surface area contributed by atoms with Crippen LogP contribution in [-0.4, -0.2) is 40.8 Å². The van der Waals surface area contributed by atoms with Crippen molar-refractivity contribution in [2.75, 3.05) is 6.54 Å². The van der Waals surface area contributed by atoms with E-state index in [1.54, 1.807) is 26.0 Å². The molecule has 1 aliphatic rings. The number of hydrazine groups is 1. The summed E-state index contributed by atoms with van der Waals surface area (Å²) in [6.45, 7) is 3.01. The number of imide groups is 1. The van der Waals surface area contributed by atoms with Crippen molar-refractivity contribution in [2.24, 2.45) is 0 Å². The molecule has 128 valence electrons. The zero-order valence-corrected chi connectivity index (χ0v) is 13.6. The smallest absolute Gasteiger partial charge is 0.344 e. The van der Waals surface area contributed by atoms with Gasteiger partial charge in [0.05, 0.1) is 13.0 Å². The highest BCUT2D eigenvalue weighted by Crippen LogP contribution is 2.18. The van der Waals surface area contributed by atoms with Gasteiger partial charge in [-0.1, -0.05) is 37.3 Å². The summed E-state index contributed by atoms with van der Waals surface area (Å²) in [5.74, 6) is -1.51. The van der Waals surface area contributed by atoms with Gasteiger partial charge in [0.2, 0.25) is 5.91 Å². The molecular formula is C16H20N4O4. The predicted molar refractivity (Wildman–Crippen MR) is 85.4 cm³/mol. The summed E-state index contributed by atoms with van der Waals surface area (Å²) in [6, 6.07) is 8.40. The minimum absolute atomic E-state index is 0.144. The summed E-state index contributed by atoms with van der Waals surface area (Å²) >= 11 is 0. The molecule has 8 heteroatoms. The Morgan fingerprint density at radius 1 is 1.17 bits per heavy atom. The van der Waals surface area contributed by atoms with Crippen LogP contribution in [-0.2, 0) is 20.8 Å². The van der Waals surface area contributed by atoms with Crippen LogP contribution in [0.2, 0.25) is 0 Å². The Bertz CT molecular complexity index is 661. The molecule has 3 N–H and O–H groups in total. The fourth-order valence-electron chi connectivity index (χ4n) is 2.21. The fraction of sp³-hybridized carbons (Fsp3) is 0.375. The van der Waals surface area contributed by atoms with E-state index in [-0.39, 0.29) is 18.9 Å². The Kier molecular flexibility index (Phi) is 5.18. The zero-order chi connectivity index (χ0) is 17.7. The van der Waals surface area contributed by atoms with E-state index in [4.69, 9.17) is 0 Å². The molecule has 1 unspecified atom stereocenters. The van der Waals surface area contributed by atoms with E-state index in [2.05, 4.69) is 16.1 Å². The van der Waals surface area contributed by atoms with Crippen LogP contribution in [0.4, 0.5) is 4.79 Å². The molecule has 1 heterocycles. The Morgan fingerprint density at radius 2 is 1.83 bits per heavy atom. The highest BCUT2D eigenvalue weighted by Gasteiger charge is 2.47. The van der Waals surface area contributed by atoms with E-state index in [0.717, 1.165) is 5.56 Å². The van der Waals surface area contributed by atoms with Crippen molar-refractivity contribution in [3.8, 4) is 0 Å². The van der Waals surface area contributed by atoms with Crippen LogP contribution < -0.4 is 16.1 Å². The number of hydrogen-bond donors (Lipinski definition) is 3. The van der Waals surface area contributed by atoms with Crippen LogP contribution in [0.5, 0.6) is 0 Å². The number of carbonyl (C=O) groups is 4. The van der Waals surface area contributed by atoms with E-state index in [1.165, 1.54) is 0 Å². The average Bonchev–Trinajstić information content (AvgIpc) is 2.78. The molecule has 0 saturated carbocycles. The number of nitrogens with one attached hydrogen (secondary N) is 3. The molecule has 24 heavy (non-hydrogen) atoms. The van der Waals surface area contributed by atoms with Crippen molar-refractivity contribution < 1.29 is 19.2 Å². The van der Waals surface area contributed by atoms with Gasteiger partial charge in [-0.15, -0.1) is 0 Å². The monoisotopic (exact) mass is 332 g/mol. The summed E-state index contributed by atoms with van der Waals surface area (Å²) in [6.07, 6.45) is 0.545. The number of carbonyl (C=O) groups excluding carboxylic acids is 4. The molecule has 1 saturated heterocycles. The van der Waals surface area contributed by atoms with Crippen molar-refractivity contribution in [1.82, 2.24) is 21.1 Å². The third-order valence-electron chi connectivity index (χ3n) is 3.86. The Hall–Kier alpha value is -2.90. The van der Waals surface area contributed by atoms with Crippen LogP contribution in [0, 0.1) is 0 Å². The zero-order valence-electron chi connectivity index (χ0n) is 13.6. The SMILES string of the molecule is CCC1(C)NC(=O)N(NC(=O)CNC(=O)Cc2ccccc2)C1=O. The van der Waals surface area contributed by atoms with Crippen molar-refractivity contribution in [3.05, 3.63) is 35.9 Å². The number of rotatable bonds is 6. The molecule has 1 atom stereocenters. The number of benzene rings is 1. The first-order valence-electron chi connectivity index (χ1n) is 7.62. The average molecular weight is 332 g/mol. The third kappa shape index (κ3) is 3.89. The molecule has 1 aliphatic heterocycles. The minimum Gasteiger partial charge on any atom is -0.347 e. The second-order valence-corrected chi connectivity index (χ2v) is 5.73. The number of urea groups is 1. The standard InChI is InChI=1S/C16H20N4O4/c1-3-16(2)14(23)20(15(24)18-16)19-13(22)10-17-12(21)9-11-7-5-4-6-8-11/h4-8H,3,9-10H2,1-2H3,(H,17,21)(H,18,24)(H,19,22). The molecule has 0 bridgehead atoms. The van der Waals surface area contributed by atoms with Gasteiger partial charge in [0, 0.05) is 0 Å². The van der Waals surface area contributed by atoms with E-state index in [1.807, 2.05) is 18.2 Å². The number of hydrogen-bond acceptors (Lipinski definition) is 4. The minimum atomic E-state index is -1.03. The maximum absolute atomic E-state index is 12.1. The maximum Gasteiger partial charge on any atom is 0.344 e. The second-order valence-electron chi connectivity index (χ2n) is 5.73. The highest BCUT2D eigenvalue weighted by atomic mass is 16.2. The second kappa shape index (κ2) is 7.12. The maximum atomic E-state index is 12.1. The molecule has 1 fully saturated rings. The lowest BCUT2D eigenvalue weighted by Crippen LogP contribution is -2.51. The molecule has 0 aromatic heterocycles. The molecule has 0 radical (unpaired) electrons. The third-order valence-corrected chi connectivity index (χ3v) is 3.86. The van der Waals surface area contributed by atoms with Gasteiger partial charge in [-0.2, -0.15) is 5.01 Å². The Morgan fingerprint density at radius 3 is 2.42 bits per heavy atom. The Balaban J connectivity index is 1.82.